The molecule has 2 aliphatic carbocycles. The Labute approximate surface area is 388 Å². The van der Waals surface area contributed by atoms with Gasteiger partial charge in [-0.25, -0.2) is 23.4 Å². The number of imidazole rings is 2. The van der Waals surface area contributed by atoms with Crippen LogP contribution in [0.2, 0.25) is 5.15 Å². The minimum Gasteiger partial charge on any atom is -0.382 e. The largest absolute Gasteiger partial charge is 0.390 e. The molecular formula is C46H42ClF7N10O2S. The fourth-order valence-corrected chi connectivity index (χ4v) is 8.10. The molecule has 21 heteroatoms. The van der Waals surface area contributed by atoms with Crippen molar-refractivity contribution in [1.29, 1.82) is 0 Å². The lowest BCUT2D eigenvalue weighted by Crippen LogP contribution is -2.26. The van der Waals surface area contributed by atoms with Crippen molar-refractivity contribution in [3.8, 4) is 22.5 Å². The van der Waals surface area contributed by atoms with Crippen molar-refractivity contribution < 1.29 is 40.3 Å². The summed E-state index contributed by atoms with van der Waals surface area (Å²) in [6, 6.07) is 20.3. The summed E-state index contributed by atoms with van der Waals surface area (Å²) in [7, 11) is 0. The number of alkyl halides is 6. The number of rotatable bonds is 14. The zero-order valence-electron chi connectivity index (χ0n) is 35.8. The second-order valence-electron chi connectivity index (χ2n) is 16.2. The van der Waals surface area contributed by atoms with Crippen LogP contribution >= 0.6 is 23.4 Å². The average Bonchev–Trinajstić information content (AvgIpc) is 4.17. The van der Waals surface area contributed by atoms with Crippen LogP contribution in [0, 0.1) is 19.7 Å². The number of aryl methyl sites for hydroxylation is 2. The zero-order chi connectivity index (χ0) is 47.6. The number of amides is 2. The Bertz CT molecular complexity index is 2970. The number of fused-ring (bicyclic) bond motifs is 2. The van der Waals surface area contributed by atoms with Crippen molar-refractivity contribution in [3.63, 3.8) is 0 Å². The molecule has 0 aliphatic heterocycles. The van der Waals surface area contributed by atoms with Crippen molar-refractivity contribution in [1.82, 2.24) is 39.8 Å². The van der Waals surface area contributed by atoms with Crippen molar-refractivity contribution in [3.05, 3.63) is 118 Å². The van der Waals surface area contributed by atoms with Gasteiger partial charge in [-0.05, 0) is 99.2 Å². The van der Waals surface area contributed by atoms with E-state index in [1.54, 1.807) is 59.4 Å². The molecule has 0 saturated heterocycles. The SMILES string of the molecule is Cc1cc(-c2cnc3c(NCCC(F)(F)F)cc(Cl)nn23)ccc1C(=O)NC1CC1.Cc1cc(-c2cnc3c(NCCC(F)(F)F)cc(Sc4cccc(F)c4)nn23)ccc1C(=O)NC1CC1. The summed E-state index contributed by atoms with van der Waals surface area (Å²) < 4.78 is 92.4. The van der Waals surface area contributed by atoms with Gasteiger partial charge in [0.15, 0.2) is 16.4 Å². The van der Waals surface area contributed by atoms with Gasteiger partial charge in [-0.15, -0.1) is 0 Å². The monoisotopic (exact) mass is 966 g/mol. The molecule has 7 aromatic rings. The molecule has 2 aliphatic rings. The normalized spacial score (nSPS) is 13.9. The number of carbonyl (C=O) groups excluding carboxylic acids is 2. The lowest BCUT2D eigenvalue weighted by Gasteiger charge is -2.13. The standard InChI is InChI=1S/C26H23F4N5OS.C20H19ClF3N5O/c1-15-11-16(5-8-20(15)25(36)33-18-6-7-18)22-14-32-24-21(31-10-9-26(28,29)30)13-23(34-35(22)24)37-19-4-2-3-17(27)12-19;1-11-8-12(2-5-14(11)19(30)27-13-3-4-13)16-10-26-18-15(9-17(21)28-29(16)18)25-7-6-20(22,23)24/h2-5,8,11-14,18,31H,6-7,9-10H2,1H3,(H,33,36);2,5,8-10,13,25H,3-4,6-7H2,1H3,(H,27,30). The maximum atomic E-state index is 13.7. The van der Waals surface area contributed by atoms with Crippen molar-refractivity contribution >= 4 is 57.8 Å². The van der Waals surface area contributed by atoms with Crippen LogP contribution in [0.1, 0.15) is 70.4 Å². The van der Waals surface area contributed by atoms with Crippen LogP contribution in [0.5, 0.6) is 0 Å². The number of halogens is 8. The summed E-state index contributed by atoms with van der Waals surface area (Å²) in [6.07, 6.45) is -3.38. The summed E-state index contributed by atoms with van der Waals surface area (Å²) >= 11 is 7.27. The maximum absolute atomic E-state index is 13.7. The van der Waals surface area contributed by atoms with Gasteiger partial charge in [0.25, 0.3) is 11.8 Å². The summed E-state index contributed by atoms with van der Waals surface area (Å²) in [4.78, 5) is 34.2. The second kappa shape index (κ2) is 19.4. The number of nitrogens with one attached hydrogen (secondary N) is 4. The number of benzene rings is 3. The zero-order valence-corrected chi connectivity index (χ0v) is 37.4. The molecule has 3 aromatic carbocycles. The van der Waals surface area contributed by atoms with Gasteiger partial charge in [0.2, 0.25) is 0 Å². The van der Waals surface area contributed by atoms with E-state index in [9.17, 15) is 40.3 Å². The van der Waals surface area contributed by atoms with E-state index < -0.39 is 31.0 Å². The molecule has 12 nitrogen and oxygen atoms in total. The molecule has 0 radical (unpaired) electrons. The first-order chi connectivity index (χ1) is 31.9. The third-order valence-corrected chi connectivity index (χ3v) is 11.8. The minimum atomic E-state index is -4.30. The fourth-order valence-electron chi connectivity index (χ4n) is 7.05. The summed E-state index contributed by atoms with van der Waals surface area (Å²) in [5.74, 6) is -0.621. The molecule has 350 valence electrons. The average molecular weight is 967 g/mol. The summed E-state index contributed by atoms with van der Waals surface area (Å²) in [6.45, 7) is 3.06. The van der Waals surface area contributed by atoms with Crippen LogP contribution in [0.15, 0.2) is 95.1 Å². The van der Waals surface area contributed by atoms with Crippen LogP contribution in [0.25, 0.3) is 33.8 Å². The third-order valence-electron chi connectivity index (χ3n) is 10.7. The molecule has 0 unspecified atom stereocenters. The number of carbonyl (C=O) groups is 2. The molecule has 4 aromatic heterocycles. The highest BCUT2D eigenvalue weighted by Gasteiger charge is 2.29. The van der Waals surface area contributed by atoms with E-state index in [2.05, 4.69) is 41.4 Å². The number of anilines is 2. The first-order valence-corrected chi connectivity index (χ1v) is 22.4. The topological polar surface area (TPSA) is 143 Å². The Morgan fingerprint density at radius 3 is 1.64 bits per heavy atom. The molecule has 0 atom stereocenters. The molecule has 2 amide bonds. The lowest BCUT2D eigenvalue weighted by molar-refractivity contribution is -0.132. The first kappa shape index (κ1) is 47.1. The van der Waals surface area contributed by atoms with Crippen molar-refractivity contribution in [2.45, 2.75) is 86.7 Å². The Morgan fingerprint density at radius 2 is 1.18 bits per heavy atom. The molecule has 0 bridgehead atoms. The van der Waals surface area contributed by atoms with E-state index in [0.29, 0.717) is 55.1 Å². The number of hydrogen-bond donors (Lipinski definition) is 4. The second-order valence-corrected chi connectivity index (χ2v) is 17.7. The Balaban J connectivity index is 0.000000186. The third kappa shape index (κ3) is 12.1. The minimum absolute atomic E-state index is 0.1000. The van der Waals surface area contributed by atoms with Gasteiger partial charge >= 0.3 is 12.4 Å². The van der Waals surface area contributed by atoms with Gasteiger partial charge in [-0.1, -0.05) is 41.6 Å². The van der Waals surface area contributed by atoms with Gasteiger partial charge in [0.05, 0.1) is 48.0 Å². The number of nitrogens with zero attached hydrogens (tertiary/aromatic N) is 6. The molecule has 4 N–H and O–H groups in total. The molecule has 2 saturated carbocycles. The van der Waals surface area contributed by atoms with Gasteiger partial charge in [0, 0.05) is 58.4 Å². The van der Waals surface area contributed by atoms with Crippen LogP contribution in [0.3, 0.4) is 0 Å². The predicted molar refractivity (Wildman–Crippen MR) is 241 cm³/mol. The van der Waals surface area contributed by atoms with Gasteiger partial charge < -0.3 is 21.3 Å². The first-order valence-electron chi connectivity index (χ1n) is 21.2. The van der Waals surface area contributed by atoms with Crippen LogP contribution in [-0.2, 0) is 0 Å². The van der Waals surface area contributed by atoms with Crippen LogP contribution < -0.4 is 21.3 Å². The maximum Gasteiger partial charge on any atom is 0.390 e. The molecule has 67 heavy (non-hydrogen) atoms. The van der Waals surface area contributed by atoms with Gasteiger partial charge in [0.1, 0.15) is 10.8 Å². The predicted octanol–water partition coefficient (Wildman–Crippen LogP) is 10.9. The molecule has 2 fully saturated rings. The highest BCUT2D eigenvalue weighted by Crippen LogP contribution is 2.34. The van der Waals surface area contributed by atoms with Crippen molar-refractivity contribution in [2.75, 3.05) is 23.7 Å². The molecule has 9 rings (SSSR count). The van der Waals surface area contributed by atoms with E-state index in [1.807, 2.05) is 26.0 Å². The fraction of sp³-hybridized carbons (Fsp3) is 0.304. The highest BCUT2D eigenvalue weighted by molar-refractivity contribution is 7.99. The smallest absolute Gasteiger partial charge is 0.382 e. The van der Waals surface area contributed by atoms with E-state index >= 15 is 0 Å². The Kier molecular flexibility index (Phi) is 13.7. The van der Waals surface area contributed by atoms with Crippen molar-refractivity contribution in [2.24, 2.45) is 0 Å². The van der Waals surface area contributed by atoms with Crippen LogP contribution in [0.4, 0.5) is 42.1 Å². The number of hydrogen-bond acceptors (Lipinski definition) is 9. The van der Waals surface area contributed by atoms with E-state index in [0.717, 1.165) is 47.9 Å². The molecule has 0 spiro atoms. The van der Waals surface area contributed by atoms with E-state index in [-0.39, 0.29) is 42.1 Å². The van der Waals surface area contributed by atoms with Crippen LogP contribution in [-0.4, -0.2) is 78.5 Å². The quantitative estimate of drug-likeness (QED) is 0.0784. The Morgan fingerprint density at radius 1 is 0.687 bits per heavy atom. The number of aromatic nitrogens is 6. The molecular weight excluding hydrogens is 925 g/mol. The summed E-state index contributed by atoms with van der Waals surface area (Å²) in [5, 5.41) is 20.9. The van der Waals surface area contributed by atoms with Gasteiger partial charge in [-0.3, -0.25) is 9.59 Å². The highest BCUT2D eigenvalue weighted by atomic mass is 35.5. The van der Waals surface area contributed by atoms with E-state index in [1.165, 1.54) is 34.5 Å². The molecule has 4 heterocycles. The van der Waals surface area contributed by atoms with Gasteiger partial charge in [-0.2, -0.15) is 36.5 Å². The lowest BCUT2D eigenvalue weighted by atomic mass is 10.0. The Hall–Kier alpha value is -6.41. The summed E-state index contributed by atoms with van der Waals surface area (Å²) in [5.41, 5.74) is 6.94. The van der Waals surface area contributed by atoms with E-state index in [4.69, 9.17) is 11.6 Å².